The monoisotopic (exact) mass is 338 g/mol. The molecule has 1 heterocycles. The second-order valence-electron chi connectivity index (χ2n) is 4.52. The number of carbonyl (C=O) groups is 1. The highest BCUT2D eigenvalue weighted by Gasteiger charge is 2.16. The maximum absolute atomic E-state index is 13.7. The van der Waals surface area contributed by atoms with Crippen molar-refractivity contribution in [2.45, 2.75) is 33.2 Å². The highest BCUT2D eigenvalue weighted by molar-refractivity contribution is 9.10. The van der Waals surface area contributed by atoms with Crippen molar-refractivity contribution in [3.05, 3.63) is 51.5 Å². The molecule has 0 fully saturated rings. The van der Waals surface area contributed by atoms with Crippen molar-refractivity contribution in [2.24, 2.45) is 0 Å². The van der Waals surface area contributed by atoms with E-state index in [2.05, 4.69) is 21.0 Å². The summed E-state index contributed by atoms with van der Waals surface area (Å²) in [5, 5.41) is 4.40. The Kier molecular flexibility index (Phi) is 4.70. The van der Waals surface area contributed by atoms with Gasteiger partial charge in [0.2, 0.25) is 0 Å². The van der Waals surface area contributed by atoms with Crippen LogP contribution in [0.1, 0.15) is 35.6 Å². The first kappa shape index (κ1) is 14.9. The van der Waals surface area contributed by atoms with Crippen molar-refractivity contribution in [1.82, 2.24) is 9.78 Å². The summed E-state index contributed by atoms with van der Waals surface area (Å²) in [6, 6.07) is 6.31. The summed E-state index contributed by atoms with van der Waals surface area (Å²) in [4.78, 5) is 12.3. The Labute approximate surface area is 125 Å². The molecule has 106 valence electrons. The van der Waals surface area contributed by atoms with E-state index in [1.165, 1.54) is 12.1 Å². The molecule has 0 N–H and O–H groups in total. The zero-order valence-electron chi connectivity index (χ0n) is 11.5. The van der Waals surface area contributed by atoms with Gasteiger partial charge in [0.1, 0.15) is 5.82 Å². The molecule has 0 bridgehead atoms. The van der Waals surface area contributed by atoms with Crippen LogP contribution in [0.25, 0.3) is 0 Å². The predicted molar refractivity (Wildman–Crippen MR) is 79.4 cm³/mol. The van der Waals surface area contributed by atoms with Gasteiger partial charge in [-0.1, -0.05) is 22.9 Å². The van der Waals surface area contributed by atoms with Crippen LogP contribution < -0.4 is 0 Å². The minimum atomic E-state index is -0.489. The largest absolute Gasteiger partial charge is 0.294 e. The molecular formula is C15H16BrFN2O. The van der Waals surface area contributed by atoms with Crippen molar-refractivity contribution in [3.8, 4) is 0 Å². The first-order valence-electron chi connectivity index (χ1n) is 6.59. The Hall–Kier alpha value is -1.49. The molecule has 0 atom stereocenters. The van der Waals surface area contributed by atoms with E-state index in [1.807, 2.05) is 19.9 Å². The lowest BCUT2D eigenvalue weighted by Gasteiger charge is -2.05. The van der Waals surface area contributed by atoms with E-state index in [9.17, 15) is 9.18 Å². The van der Waals surface area contributed by atoms with E-state index in [-0.39, 0.29) is 17.8 Å². The van der Waals surface area contributed by atoms with Gasteiger partial charge in [0, 0.05) is 16.7 Å². The maximum Gasteiger partial charge on any atom is 0.171 e. The predicted octanol–water partition coefficient (Wildman–Crippen LogP) is 3.79. The van der Waals surface area contributed by atoms with E-state index in [4.69, 9.17) is 0 Å². The molecule has 5 heteroatoms. The number of halogens is 2. The van der Waals surface area contributed by atoms with E-state index in [0.717, 1.165) is 17.8 Å². The maximum atomic E-state index is 13.7. The van der Waals surface area contributed by atoms with Crippen LogP contribution in [0.4, 0.5) is 4.39 Å². The molecule has 0 aliphatic rings. The number of aromatic nitrogens is 2. The number of carbonyl (C=O) groups excluding carboxylic acids is 1. The van der Waals surface area contributed by atoms with Crippen LogP contribution in [0.15, 0.2) is 28.7 Å². The smallest absolute Gasteiger partial charge is 0.171 e. The fourth-order valence-electron chi connectivity index (χ4n) is 2.07. The third-order valence-electron chi connectivity index (χ3n) is 3.15. The first-order valence-corrected chi connectivity index (χ1v) is 7.38. The number of ketones is 1. The molecule has 20 heavy (non-hydrogen) atoms. The molecule has 0 aliphatic heterocycles. The second kappa shape index (κ2) is 6.31. The van der Waals surface area contributed by atoms with Gasteiger partial charge in [-0.15, -0.1) is 0 Å². The van der Waals surface area contributed by atoms with Gasteiger partial charge in [-0.2, -0.15) is 5.10 Å². The van der Waals surface area contributed by atoms with Gasteiger partial charge in [0.25, 0.3) is 0 Å². The van der Waals surface area contributed by atoms with Crippen molar-refractivity contribution >= 4 is 21.7 Å². The molecule has 3 nitrogen and oxygen atoms in total. The zero-order chi connectivity index (χ0) is 14.7. The fourth-order valence-corrected chi connectivity index (χ4v) is 2.44. The number of nitrogens with zero attached hydrogens (tertiary/aromatic N) is 2. The van der Waals surface area contributed by atoms with E-state index >= 15 is 0 Å². The van der Waals surface area contributed by atoms with Crippen LogP contribution >= 0.6 is 15.9 Å². The Morgan fingerprint density at radius 2 is 2.10 bits per heavy atom. The van der Waals surface area contributed by atoms with Crippen LogP contribution in [-0.4, -0.2) is 15.6 Å². The Morgan fingerprint density at radius 1 is 1.35 bits per heavy atom. The van der Waals surface area contributed by atoms with Crippen LogP contribution in [0.3, 0.4) is 0 Å². The Bertz CT molecular complexity index is 637. The van der Waals surface area contributed by atoms with E-state index in [0.29, 0.717) is 11.0 Å². The van der Waals surface area contributed by atoms with Gasteiger partial charge in [-0.3, -0.25) is 9.48 Å². The molecule has 0 saturated carbocycles. The number of rotatable bonds is 5. The van der Waals surface area contributed by atoms with Crippen molar-refractivity contribution in [2.75, 3.05) is 0 Å². The lowest BCUT2D eigenvalue weighted by Crippen LogP contribution is -2.11. The van der Waals surface area contributed by atoms with Gasteiger partial charge in [-0.05, 0) is 37.6 Å². The third-order valence-corrected chi connectivity index (χ3v) is 3.64. The molecule has 2 aromatic rings. The molecule has 0 spiro atoms. The van der Waals surface area contributed by atoms with Gasteiger partial charge in [0.15, 0.2) is 5.78 Å². The normalized spacial score (nSPS) is 10.8. The Balaban J connectivity index is 2.27. The molecule has 0 radical (unpaired) electrons. The number of aryl methyl sites for hydroxylation is 2. The van der Waals surface area contributed by atoms with Crippen LogP contribution in [-0.2, 0) is 19.4 Å². The molecule has 0 unspecified atom stereocenters. The van der Waals surface area contributed by atoms with Gasteiger partial charge < -0.3 is 0 Å². The molecule has 1 aromatic carbocycles. The van der Waals surface area contributed by atoms with Gasteiger partial charge in [-0.25, -0.2) is 4.39 Å². The summed E-state index contributed by atoms with van der Waals surface area (Å²) in [7, 11) is 0. The summed E-state index contributed by atoms with van der Waals surface area (Å²) >= 11 is 3.26. The summed E-state index contributed by atoms with van der Waals surface area (Å²) in [5.74, 6) is -0.725. The van der Waals surface area contributed by atoms with Crippen LogP contribution in [0.5, 0.6) is 0 Å². The molecule has 2 rings (SSSR count). The van der Waals surface area contributed by atoms with Crippen molar-refractivity contribution in [1.29, 1.82) is 0 Å². The van der Waals surface area contributed by atoms with Crippen molar-refractivity contribution < 1.29 is 9.18 Å². The van der Waals surface area contributed by atoms with Crippen LogP contribution in [0, 0.1) is 5.82 Å². The topological polar surface area (TPSA) is 34.9 Å². The lowest BCUT2D eigenvalue weighted by molar-refractivity contribution is 0.0986. The van der Waals surface area contributed by atoms with E-state index in [1.54, 1.807) is 10.7 Å². The average Bonchev–Trinajstić information content (AvgIpc) is 2.83. The molecule has 1 aromatic heterocycles. The first-order chi connectivity index (χ1) is 9.55. The van der Waals surface area contributed by atoms with E-state index < -0.39 is 5.82 Å². The summed E-state index contributed by atoms with van der Waals surface area (Å²) in [5.41, 5.74) is 1.89. The second-order valence-corrected chi connectivity index (χ2v) is 5.44. The van der Waals surface area contributed by atoms with Gasteiger partial charge >= 0.3 is 0 Å². The standard InChI is InChI=1S/C15H16BrFN2O/c1-3-11-8-12(19(4-2)18-11)9-15(20)13-7-10(16)5-6-14(13)17/h5-8H,3-4,9H2,1-2H3. The third kappa shape index (κ3) is 3.15. The zero-order valence-corrected chi connectivity index (χ0v) is 13.1. The summed E-state index contributed by atoms with van der Waals surface area (Å²) in [6.07, 6.45) is 0.980. The minimum Gasteiger partial charge on any atom is -0.294 e. The number of Topliss-reactive ketones (excluding diaryl/α,β-unsaturated/α-hetero) is 1. The Morgan fingerprint density at radius 3 is 2.75 bits per heavy atom. The van der Waals surface area contributed by atoms with Crippen molar-refractivity contribution in [3.63, 3.8) is 0 Å². The lowest BCUT2D eigenvalue weighted by atomic mass is 10.1. The highest BCUT2D eigenvalue weighted by Crippen LogP contribution is 2.18. The molecular weight excluding hydrogens is 323 g/mol. The summed E-state index contributed by atoms with van der Waals surface area (Å²) < 4.78 is 16.2. The quantitative estimate of drug-likeness (QED) is 0.777. The molecule has 0 saturated heterocycles. The minimum absolute atomic E-state index is 0.112. The number of hydrogen-bond donors (Lipinski definition) is 0. The van der Waals surface area contributed by atoms with Crippen LogP contribution in [0.2, 0.25) is 0 Å². The fraction of sp³-hybridized carbons (Fsp3) is 0.333. The number of hydrogen-bond acceptors (Lipinski definition) is 2. The van der Waals surface area contributed by atoms with Gasteiger partial charge in [0.05, 0.1) is 17.7 Å². The SMILES string of the molecule is CCc1cc(CC(=O)c2cc(Br)ccc2F)n(CC)n1. The average molecular weight is 339 g/mol. The summed E-state index contributed by atoms with van der Waals surface area (Å²) in [6.45, 7) is 4.69. The molecule has 0 aliphatic carbocycles. The number of benzene rings is 1. The molecule has 0 amide bonds. The highest BCUT2D eigenvalue weighted by atomic mass is 79.9.